The van der Waals surface area contributed by atoms with E-state index in [1.165, 1.54) is 4.90 Å². The van der Waals surface area contributed by atoms with Crippen molar-refractivity contribution in [2.75, 3.05) is 11.4 Å². The lowest BCUT2D eigenvalue weighted by molar-refractivity contribution is -0.123. The molecule has 0 unspecified atom stereocenters. The maximum Gasteiger partial charge on any atom is 0.239 e. The molecule has 0 saturated carbocycles. The Morgan fingerprint density at radius 1 is 0.967 bits per heavy atom. The lowest BCUT2D eigenvalue weighted by Gasteiger charge is -2.27. The summed E-state index contributed by atoms with van der Waals surface area (Å²) in [5.74, 6) is -1.44. The molecule has 5 nitrogen and oxygen atoms in total. The molecule has 0 aliphatic carbocycles. The van der Waals surface area contributed by atoms with Crippen molar-refractivity contribution in [3.8, 4) is 0 Å². The zero-order valence-corrected chi connectivity index (χ0v) is 17.4. The van der Waals surface area contributed by atoms with Crippen LogP contribution >= 0.6 is 0 Å². The molecule has 4 atom stereocenters. The van der Waals surface area contributed by atoms with E-state index in [4.69, 9.17) is 0 Å². The van der Waals surface area contributed by atoms with Crippen LogP contribution in [0.3, 0.4) is 0 Å². The van der Waals surface area contributed by atoms with Gasteiger partial charge in [0.15, 0.2) is 5.78 Å². The van der Waals surface area contributed by atoms with Gasteiger partial charge in [-0.1, -0.05) is 48.9 Å². The van der Waals surface area contributed by atoms with Gasteiger partial charge in [-0.2, -0.15) is 0 Å². The Kier molecular flexibility index (Phi) is 4.58. The van der Waals surface area contributed by atoms with Crippen LogP contribution in [0.4, 0.5) is 5.69 Å². The highest BCUT2D eigenvalue weighted by Gasteiger charge is 2.64. The van der Waals surface area contributed by atoms with Gasteiger partial charge in [-0.05, 0) is 50.4 Å². The average molecular weight is 402 g/mol. The van der Waals surface area contributed by atoms with Gasteiger partial charge in [0.05, 0.1) is 23.6 Å². The molecule has 2 aromatic rings. The quantitative estimate of drug-likeness (QED) is 0.581. The molecule has 2 amide bonds. The second kappa shape index (κ2) is 7.17. The number of hydrogen-bond donors (Lipinski definition) is 0. The zero-order chi connectivity index (χ0) is 21.0. The Morgan fingerprint density at radius 2 is 1.63 bits per heavy atom. The number of carbonyl (C=O) groups is 3. The molecule has 5 rings (SSSR count). The molecule has 0 spiro atoms. The van der Waals surface area contributed by atoms with Gasteiger partial charge in [0.1, 0.15) is 0 Å². The van der Waals surface area contributed by atoms with Gasteiger partial charge in [0.25, 0.3) is 0 Å². The van der Waals surface area contributed by atoms with Gasteiger partial charge in [-0.3, -0.25) is 19.3 Å². The minimum atomic E-state index is -0.595. The van der Waals surface area contributed by atoms with Crippen molar-refractivity contribution in [2.45, 2.75) is 45.2 Å². The third kappa shape index (κ3) is 2.76. The van der Waals surface area contributed by atoms with Crippen molar-refractivity contribution in [1.29, 1.82) is 0 Å². The summed E-state index contributed by atoms with van der Waals surface area (Å²) in [6, 6.07) is 14.5. The molecule has 3 aliphatic heterocycles. The van der Waals surface area contributed by atoms with Crippen molar-refractivity contribution in [1.82, 2.24) is 4.90 Å². The van der Waals surface area contributed by atoms with Crippen molar-refractivity contribution in [2.24, 2.45) is 11.8 Å². The van der Waals surface area contributed by atoms with E-state index in [0.29, 0.717) is 11.3 Å². The second-order valence-corrected chi connectivity index (χ2v) is 8.71. The first kappa shape index (κ1) is 19.2. The lowest BCUT2D eigenvalue weighted by Crippen LogP contribution is -2.46. The van der Waals surface area contributed by atoms with Crippen molar-refractivity contribution >= 4 is 23.3 Å². The standard InChI is InChI=1S/C25H26N2O3/c1-3-16-8-12-18(13-9-16)27-24(29)20-19-5-4-14-26(19)22(21(20)25(27)30)23(28)17-10-6-15(2)7-11-17/h6-13,19-22H,3-5,14H2,1-2H3/t19-,20+,21-,22+/m1/s1. The van der Waals surface area contributed by atoms with E-state index in [0.717, 1.165) is 36.9 Å². The van der Waals surface area contributed by atoms with Crippen LogP contribution < -0.4 is 4.90 Å². The summed E-state index contributed by atoms with van der Waals surface area (Å²) in [6.07, 6.45) is 2.72. The Hall–Kier alpha value is -2.79. The van der Waals surface area contributed by atoms with Crippen LogP contribution in [-0.4, -0.2) is 41.1 Å². The summed E-state index contributed by atoms with van der Waals surface area (Å²) in [5.41, 5.74) is 3.47. The Morgan fingerprint density at radius 3 is 2.30 bits per heavy atom. The predicted octanol–water partition coefficient (Wildman–Crippen LogP) is 3.39. The van der Waals surface area contributed by atoms with Crippen molar-refractivity contribution in [3.63, 3.8) is 0 Å². The highest BCUT2D eigenvalue weighted by atomic mass is 16.2. The summed E-state index contributed by atoms with van der Waals surface area (Å²) in [6.45, 7) is 4.82. The van der Waals surface area contributed by atoms with E-state index in [9.17, 15) is 14.4 Å². The monoisotopic (exact) mass is 402 g/mol. The first-order chi connectivity index (χ1) is 14.5. The lowest BCUT2D eigenvalue weighted by atomic mass is 9.85. The van der Waals surface area contributed by atoms with Crippen LogP contribution in [0, 0.1) is 18.8 Å². The number of rotatable bonds is 4. The average Bonchev–Trinajstić information content (AvgIpc) is 3.40. The minimum Gasteiger partial charge on any atom is -0.292 e. The van der Waals surface area contributed by atoms with Gasteiger partial charge < -0.3 is 0 Å². The highest BCUT2D eigenvalue weighted by molar-refractivity contribution is 6.24. The number of anilines is 1. The van der Waals surface area contributed by atoms with E-state index in [-0.39, 0.29) is 23.6 Å². The van der Waals surface area contributed by atoms with E-state index < -0.39 is 17.9 Å². The summed E-state index contributed by atoms with van der Waals surface area (Å²) >= 11 is 0. The third-order valence-electron chi connectivity index (χ3n) is 7.06. The number of Topliss-reactive ketones (excluding diaryl/α,β-unsaturated/α-hetero) is 1. The molecule has 154 valence electrons. The number of hydrogen-bond acceptors (Lipinski definition) is 4. The predicted molar refractivity (Wildman–Crippen MR) is 114 cm³/mol. The SMILES string of the molecule is CCc1ccc(N2C(=O)[C@@H]3[C@@H](C2=O)[C@@H](C(=O)c2ccc(C)cc2)N2CCC[C@H]32)cc1. The van der Waals surface area contributed by atoms with Crippen LogP contribution in [0.1, 0.15) is 41.3 Å². The molecular weight excluding hydrogens is 376 g/mol. The number of nitrogens with zero attached hydrogens (tertiary/aromatic N) is 2. The topological polar surface area (TPSA) is 57.7 Å². The third-order valence-corrected chi connectivity index (χ3v) is 7.06. The van der Waals surface area contributed by atoms with E-state index in [1.807, 2.05) is 55.5 Å². The van der Waals surface area contributed by atoms with Crippen LogP contribution in [0.15, 0.2) is 48.5 Å². The normalized spacial score (nSPS) is 28.1. The molecule has 3 fully saturated rings. The largest absolute Gasteiger partial charge is 0.292 e. The van der Waals surface area contributed by atoms with Crippen LogP contribution in [0.2, 0.25) is 0 Å². The van der Waals surface area contributed by atoms with E-state index in [1.54, 1.807) is 0 Å². The summed E-state index contributed by atoms with van der Waals surface area (Å²) in [5, 5.41) is 0. The molecule has 3 heterocycles. The first-order valence-corrected chi connectivity index (χ1v) is 10.8. The zero-order valence-electron chi connectivity index (χ0n) is 17.4. The maximum absolute atomic E-state index is 13.5. The molecular formula is C25H26N2O3. The summed E-state index contributed by atoms with van der Waals surface area (Å²) < 4.78 is 0. The molecule has 3 aliphatic rings. The van der Waals surface area contributed by atoms with Gasteiger partial charge >= 0.3 is 0 Å². The fourth-order valence-electron chi connectivity index (χ4n) is 5.54. The fraction of sp³-hybridized carbons (Fsp3) is 0.400. The molecule has 0 radical (unpaired) electrons. The van der Waals surface area contributed by atoms with E-state index >= 15 is 0 Å². The Bertz CT molecular complexity index is 1010. The van der Waals surface area contributed by atoms with Crippen LogP contribution in [0.25, 0.3) is 0 Å². The second-order valence-electron chi connectivity index (χ2n) is 8.71. The molecule has 2 aromatic carbocycles. The number of aryl methyl sites for hydroxylation is 2. The van der Waals surface area contributed by atoms with Gasteiger partial charge in [0, 0.05) is 11.6 Å². The maximum atomic E-state index is 13.5. The Labute approximate surface area is 176 Å². The number of carbonyl (C=O) groups excluding carboxylic acids is 3. The van der Waals surface area contributed by atoms with Crippen LogP contribution in [-0.2, 0) is 16.0 Å². The van der Waals surface area contributed by atoms with Gasteiger partial charge in [-0.25, -0.2) is 4.90 Å². The molecule has 3 saturated heterocycles. The molecule has 5 heteroatoms. The number of imide groups is 1. The van der Waals surface area contributed by atoms with Crippen molar-refractivity contribution < 1.29 is 14.4 Å². The van der Waals surface area contributed by atoms with E-state index in [2.05, 4.69) is 11.8 Å². The molecule has 0 bridgehead atoms. The smallest absolute Gasteiger partial charge is 0.239 e. The number of benzene rings is 2. The fourth-order valence-corrected chi connectivity index (χ4v) is 5.54. The molecule has 0 N–H and O–H groups in total. The minimum absolute atomic E-state index is 0.0224. The van der Waals surface area contributed by atoms with Gasteiger partial charge in [-0.15, -0.1) is 0 Å². The summed E-state index contributed by atoms with van der Waals surface area (Å²) in [4.78, 5) is 43.9. The highest BCUT2D eigenvalue weighted by Crippen LogP contribution is 2.48. The number of ketones is 1. The van der Waals surface area contributed by atoms with Gasteiger partial charge in [0.2, 0.25) is 11.8 Å². The first-order valence-electron chi connectivity index (χ1n) is 10.8. The number of amides is 2. The molecule has 30 heavy (non-hydrogen) atoms. The molecule has 0 aromatic heterocycles. The van der Waals surface area contributed by atoms with Crippen molar-refractivity contribution in [3.05, 3.63) is 65.2 Å². The number of fused-ring (bicyclic) bond motifs is 3. The van der Waals surface area contributed by atoms with Crippen LogP contribution in [0.5, 0.6) is 0 Å². The summed E-state index contributed by atoms with van der Waals surface area (Å²) in [7, 11) is 0. The Balaban J connectivity index is 1.52.